The lowest BCUT2D eigenvalue weighted by Gasteiger charge is -2.24. The van der Waals surface area contributed by atoms with E-state index in [0.717, 1.165) is 22.0 Å². The molecule has 2 aromatic carbocycles. The minimum absolute atomic E-state index is 0.187. The van der Waals surface area contributed by atoms with E-state index < -0.39 is 0 Å². The molecule has 2 aromatic rings. The van der Waals surface area contributed by atoms with Crippen LogP contribution in [0.15, 0.2) is 47.5 Å². The zero-order valence-corrected chi connectivity index (χ0v) is 11.1. The number of hydrogen-bond donors (Lipinski definition) is 2. The Labute approximate surface area is 116 Å². The highest BCUT2D eigenvalue weighted by molar-refractivity contribution is 6.30. The average molecular weight is 272 g/mol. The minimum atomic E-state index is 0.187. The van der Waals surface area contributed by atoms with Crippen molar-refractivity contribution >= 4 is 28.8 Å². The van der Waals surface area contributed by atoms with Crippen molar-refractivity contribution in [2.75, 3.05) is 5.73 Å². The molecule has 0 aromatic heterocycles. The minimum Gasteiger partial charge on any atom is -0.399 e. The van der Waals surface area contributed by atoms with Crippen molar-refractivity contribution in [1.82, 2.24) is 0 Å². The van der Waals surface area contributed by atoms with Crippen LogP contribution in [-0.2, 0) is 0 Å². The lowest BCUT2D eigenvalue weighted by molar-refractivity contribution is 0.834. The summed E-state index contributed by atoms with van der Waals surface area (Å²) in [7, 11) is 0. The predicted octanol–water partition coefficient (Wildman–Crippen LogP) is 3.45. The normalized spacial score (nSPS) is 17.7. The van der Waals surface area contributed by atoms with Crippen LogP contribution in [0.5, 0.6) is 0 Å². The lowest BCUT2D eigenvalue weighted by Crippen LogP contribution is -2.20. The molecule has 0 saturated heterocycles. The Hall–Kier alpha value is -2.00. The molecule has 0 fully saturated rings. The Morgan fingerprint density at radius 2 is 1.79 bits per heavy atom. The fraction of sp³-hybridized carbons (Fsp3) is 0.133. The fourth-order valence-electron chi connectivity index (χ4n) is 2.45. The van der Waals surface area contributed by atoms with E-state index in [9.17, 15) is 0 Å². The van der Waals surface area contributed by atoms with Gasteiger partial charge in [0.1, 0.15) is 5.84 Å². The van der Waals surface area contributed by atoms with Crippen LogP contribution in [0.1, 0.15) is 23.5 Å². The number of anilines is 1. The number of hydrogen-bond acceptors (Lipinski definition) is 3. The second kappa shape index (κ2) is 4.59. The lowest BCUT2D eigenvalue weighted by atomic mass is 9.85. The third-order valence-corrected chi connectivity index (χ3v) is 3.62. The second-order valence-corrected chi connectivity index (χ2v) is 5.17. The van der Waals surface area contributed by atoms with Crippen molar-refractivity contribution in [1.29, 1.82) is 0 Å². The van der Waals surface area contributed by atoms with Crippen molar-refractivity contribution in [3.8, 4) is 0 Å². The Morgan fingerprint density at radius 1 is 1.05 bits per heavy atom. The van der Waals surface area contributed by atoms with Gasteiger partial charge in [-0.2, -0.15) is 0 Å². The van der Waals surface area contributed by atoms with Gasteiger partial charge < -0.3 is 11.5 Å². The molecule has 0 aliphatic carbocycles. The summed E-state index contributed by atoms with van der Waals surface area (Å²) in [4.78, 5) is 4.39. The Balaban J connectivity index is 2.11. The van der Waals surface area contributed by atoms with Gasteiger partial charge in [0.15, 0.2) is 0 Å². The van der Waals surface area contributed by atoms with E-state index in [-0.39, 0.29) is 5.92 Å². The van der Waals surface area contributed by atoms with E-state index in [0.29, 0.717) is 12.3 Å². The molecule has 3 nitrogen and oxygen atoms in total. The van der Waals surface area contributed by atoms with Crippen LogP contribution in [0.4, 0.5) is 11.4 Å². The molecule has 0 saturated carbocycles. The molecule has 1 aliphatic rings. The van der Waals surface area contributed by atoms with Crippen LogP contribution < -0.4 is 11.5 Å². The van der Waals surface area contributed by atoms with Crippen LogP contribution in [-0.4, -0.2) is 5.84 Å². The Morgan fingerprint density at radius 3 is 2.53 bits per heavy atom. The molecule has 4 N–H and O–H groups in total. The Kier molecular flexibility index (Phi) is 2.91. The molecule has 0 bridgehead atoms. The van der Waals surface area contributed by atoms with E-state index in [4.69, 9.17) is 23.1 Å². The number of benzene rings is 2. The van der Waals surface area contributed by atoms with E-state index in [1.165, 1.54) is 5.56 Å². The molecule has 1 unspecified atom stereocenters. The van der Waals surface area contributed by atoms with Gasteiger partial charge in [-0.15, -0.1) is 0 Å². The summed E-state index contributed by atoms with van der Waals surface area (Å²) < 4.78 is 0. The van der Waals surface area contributed by atoms with Gasteiger partial charge in [0.25, 0.3) is 0 Å². The first-order chi connectivity index (χ1) is 9.13. The zero-order chi connectivity index (χ0) is 13.4. The standard InChI is InChI=1S/C15H14ClN3/c16-10-3-6-14-13(7-10)12(8-15(18)19-14)9-1-4-11(17)5-2-9/h1-7,12H,8,17H2,(H2,18,19). The number of rotatable bonds is 1. The third-order valence-electron chi connectivity index (χ3n) is 3.38. The van der Waals surface area contributed by atoms with Gasteiger partial charge in [0.05, 0.1) is 5.69 Å². The highest BCUT2D eigenvalue weighted by Crippen LogP contribution is 2.39. The predicted molar refractivity (Wildman–Crippen MR) is 80.0 cm³/mol. The molecule has 3 rings (SSSR count). The molecule has 4 heteroatoms. The van der Waals surface area contributed by atoms with Gasteiger partial charge in [-0.05, 0) is 41.5 Å². The molecule has 1 aliphatic heterocycles. The van der Waals surface area contributed by atoms with E-state index in [1.54, 1.807) is 0 Å². The molecule has 1 heterocycles. The summed E-state index contributed by atoms with van der Waals surface area (Å²) in [5.74, 6) is 0.837. The van der Waals surface area contributed by atoms with Crippen molar-refractivity contribution in [3.63, 3.8) is 0 Å². The van der Waals surface area contributed by atoms with Crippen molar-refractivity contribution in [2.24, 2.45) is 10.7 Å². The number of nitrogens with two attached hydrogens (primary N) is 2. The summed E-state index contributed by atoms with van der Waals surface area (Å²) in [5, 5.41) is 0.717. The number of amidine groups is 1. The van der Waals surface area contributed by atoms with Crippen molar-refractivity contribution in [2.45, 2.75) is 12.3 Å². The summed E-state index contributed by atoms with van der Waals surface area (Å²) >= 11 is 6.09. The van der Waals surface area contributed by atoms with Crippen LogP contribution in [0.3, 0.4) is 0 Å². The number of nitrogens with zero attached hydrogens (tertiary/aromatic N) is 1. The van der Waals surface area contributed by atoms with Gasteiger partial charge in [0.2, 0.25) is 0 Å². The highest BCUT2D eigenvalue weighted by Gasteiger charge is 2.23. The first kappa shape index (κ1) is 12.1. The maximum atomic E-state index is 6.09. The first-order valence-electron chi connectivity index (χ1n) is 6.11. The van der Waals surface area contributed by atoms with Crippen molar-refractivity contribution < 1.29 is 0 Å². The maximum Gasteiger partial charge on any atom is 0.101 e. The van der Waals surface area contributed by atoms with E-state index >= 15 is 0 Å². The zero-order valence-electron chi connectivity index (χ0n) is 10.3. The molecule has 19 heavy (non-hydrogen) atoms. The van der Waals surface area contributed by atoms with Crippen LogP contribution in [0.2, 0.25) is 5.02 Å². The summed E-state index contributed by atoms with van der Waals surface area (Å²) in [6.07, 6.45) is 0.706. The van der Waals surface area contributed by atoms with Gasteiger partial charge >= 0.3 is 0 Å². The number of aliphatic imine (C=N–C) groups is 1. The van der Waals surface area contributed by atoms with Gasteiger partial charge in [-0.3, -0.25) is 0 Å². The van der Waals surface area contributed by atoms with Gasteiger partial charge in [-0.1, -0.05) is 23.7 Å². The molecule has 96 valence electrons. The number of halogens is 1. The number of nitrogen functional groups attached to an aromatic ring is 1. The molecule has 0 spiro atoms. The largest absolute Gasteiger partial charge is 0.399 e. The summed E-state index contributed by atoms with van der Waals surface area (Å²) in [6.45, 7) is 0. The Bertz CT molecular complexity index is 647. The monoisotopic (exact) mass is 271 g/mol. The third kappa shape index (κ3) is 2.29. The second-order valence-electron chi connectivity index (χ2n) is 4.73. The smallest absolute Gasteiger partial charge is 0.101 e. The molecular formula is C15H14ClN3. The van der Waals surface area contributed by atoms with Crippen molar-refractivity contribution in [3.05, 3.63) is 58.6 Å². The average Bonchev–Trinajstić information content (AvgIpc) is 2.39. The van der Waals surface area contributed by atoms with Crippen LogP contribution in [0, 0.1) is 0 Å². The topological polar surface area (TPSA) is 64.4 Å². The maximum absolute atomic E-state index is 6.09. The first-order valence-corrected chi connectivity index (χ1v) is 6.49. The molecule has 1 atom stereocenters. The molecule has 0 radical (unpaired) electrons. The number of fused-ring (bicyclic) bond motifs is 1. The summed E-state index contributed by atoms with van der Waals surface area (Å²) in [5.41, 5.74) is 15.6. The molecule has 0 amide bonds. The van der Waals surface area contributed by atoms with E-state index in [1.807, 2.05) is 42.5 Å². The fourth-order valence-corrected chi connectivity index (χ4v) is 2.63. The van der Waals surface area contributed by atoms with Gasteiger partial charge in [-0.25, -0.2) is 4.99 Å². The van der Waals surface area contributed by atoms with Crippen LogP contribution in [0.25, 0.3) is 0 Å². The van der Waals surface area contributed by atoms with Crippen LogP contribution >= 0.6 is 11.6 Å². The van der Waals surface area contributed by atoms with Gasteiger partial charge in [0, 0.05) is 23.0 Å². The summed E-state index contributed by atoms with van der Waals surface area (Å²) in [6, 6.07) is 13.6. The van der Waals surface area contributed by atoms with E-state index in [2.05, 4.69) is 4.99 Å². The SMILES string of the molecule is NC1=Nc2ccc(Cl)cc2C(c2ccc(N)cc2)C1. The quantitative estimate of drug-likeness (QED) is 0.780. The highest BCUT2D eigenvalue weighted by atomic mass is 35.5. The molecular weight excluding hydrogens is 258 g/mol.